The number of nitrogen functional groups attached to an aromatic ring is 1. The average molecular weight is 503 g/mol. The van der Waals surface area contributed by atoms with E-state index in [2.05, 4.69) is 9.80 Å². The van der Waals surface area contributed by atoms with Crippen molar-refractivity contribution in [3.8, 4) is 23.0 Å². The third-order valence-electron chi connectivity index (χ3n) is 6.27. The summed E-state index contributed by atoms with van der Waals surface area (Å²) in [6.45, 7) is 7.60. The highest BCUT2D eigenvalue weighted by Gasteiger charge is 2.15. The molecule has 2 aliphatic rings. The van der Waals surface area contributed by atoms with Crippen LogP contribution in [0.15, 0.2) is 36.4 Å². The Morgan fingerprint density at radius 3 is 1.72 bits per heavy atom. The summed E-state index contributed by atoms with van der Waals surface area (Å²) < 4.78 is 21.7. The van der Waals surface area contributed by atoms with Crippen LogP contribution in [-0.2, 0) is 0 Å². The first-order valence-corrected chi connectivity index (χ1v) is 12.5. The van der Waals surface area contributed by atoms with Crippen LogP contribution in [0.2, 0.25) is 0 Å². The van der Waals surface area contributed by atoms with Crippen molar-refractivity contribution in [3.63, 3.8) is 0 Å². The molecular formula is C26H38N4O6. The first-order chi connectivity index (χ1) is 17.5. The molecule has 10 nitrogen and oxygen atoms in total. The van der Waals surface area contributed by atoms with Gasteiger partial charge in [-0.15, -0.1) is 0 Å². The molecule has 2 heterocycles. The number of hydrogen-bond donors (Lipinski definition) is 1. The van der Waals surface area contributed by atoms with E-state index in [0.29, 0.717) is 30.4 Å². The number of hydrogen-bond acceptors (Lipinski definition) is 9. The van der Waals surface area contributed by atoms with Crippen LogP contribution in [0, 0.1) is 10.1 Å². The number of nitro groups is 1. The van der Waals surface area contributed by atoms with Crippen molar-refractivity contribution in [1.82, 2.24) is 9.80 Å². The normalized spacial score (nSPS) is 15.7. The smallest absolute Gasteiger partial charge is 0.273 e. The lowest BCUT2D eigenvalue weighted by Crippen LogP contribution is -2.25. The molecule has 198 valence electrons. The van der Waals surface area contributed by atoms with E-state index >= 15 is 0 Å². The molecule has 10 heteroatoms. The van der Waals surface area contributed by atoms with Crippen molar-refractivity contribution < 1.29 is 23.9 Å². The average Bonchev–Trinajstić information content (AvgIpc) is 3.59. The van der Waals surface area contributed by atoms with Gasteiger partial charge in [0.2, 0.25) is 0 Å². The second-order valence-corrected chi connectivity index (χ2v) is 8.80. The molecule has 2 aromatic rings. The molecular weight excluding hydrogens is 464 g/mol. The minimum atomic E-state index is -0.438. The number of nitrogens with two attached hydrogens (primary N) is 1. The molecule has 0 aliphatic carbocycles. The summed E-state index contributed by atoms with van der Waals surface area (Å²) in [5, 5.41) is 10.7. The zero-order chi connectivity index (χ0) is 25.8. The standard InChI is InChI=1S/C13H18N2O4.C13H20N2O2/c1-18-12-5-4-11(15(16)17)10-13(12)19-9-8-14-6-2-3-7-14;1-16-12-5-4-11(14)10-13(12)17-9-8-15-6-2-3-7-15/h4-5,10H,2-3,6-9H2,1H3;4-5,10H,2-3,6-9,14H2,1H3. The number of rotatable bonds is 11. The zero-order valence-electron chi connectivity index (χ0n) is 21.3. The minimum Gasteiger partial charge on any atom is -0.493 e. The summed E-state index contributed by atoms with van der Waals surface area (Å²) in [7, 11) is 3.16. The largest absolute Gasteiger partial charge is 0.493 e. The van der Waals surface area contributed by atoms with Crippen LogP contribution in [0.4, 0.5) is 11.4 Å². The first kappa shape index (κ1) is 27.3. The second kappa shape index (κ2) is 14.4. The van der Waals surface area contributed by atoms with E-state index in [4.69, 9.17) is 24.7 Å². The maximum atomic E-state index is 10.7. The minimum absolute atomic E-state index is 0.0111. The van der Waals surface area contributed by atoms with Crippen LogP contribution in [0.1, 0.15) is 25.7 Å². The van der Waals surface area contributed by atoms with E-state index in [9.17, 15) is 10.1 Å². The molecule has 2 N–H and O–H groups in total. The Morgan fingerprint density at radius 2 is 1.25 bits per heavy atom. The van der Waals surface area contributed by atoms with E-state index in [1.807, 2.05) is 18.2 Å². The van der Waals surface area contributed by atoms with Crippen molar-refractivity contribution in [2.45, 2.75) is 25.7 Å². The van der Waals surface area contributed by atoms with Crippen LogP contribution in [-0.4, -0.2) is 81.4 Å². The van der Waals surface area contributed by atoms with Gasteiger partial charge in [0.1, 0.15) is 13.2 Å². The number of methoxy groups -OCH3 is 2. The second-order valence-electron chi connectivity index (χ2n) is 8.80. The summed E-state index contributed by atoms with van der Waals surface area (Å²) in [5.74, 6) is 2.41. The zero-order valence-corrected chi connectivity index (χ0v) is 21.3. The molecule has 0 amide bonds. The molecule has 0 saturated carbocycles. The highest BCUT2D eigenvalue weighted by atomic mass is 16.6. The number of nitro benzene ring substituents is 1. The van der Waals surface area contributed by atoms with Gasteiger partial charge < -0.3 is 24.7 Å². The lowest BCUT2D eigenvalue weighted by atomic mass is 10.3. The van der Waals surface area contributed by atoms with Crippen molar-refractivity contribution in [2.75, 3.05) is 72.4 Å². The fraction of sp³-hybridized carbons (Fsp3) is 0.538. The summed E-state index contributed by atoms with van der Waals surface area (Å²) in [4.78, 5) is 15.0. The van der Waals surface area contributed by atoms with Gasteiger partial charge in [0, 0.05) is 30.9 Å². The quantitative estimate of drug-likeness (QED) is 0.278. The topological polar surface area (TPSA) is 113 Å². The fourth-order valence-electron chi connectivity index (χ4n) is 4.28. The van der Waals surface area contributed by atoms with Gasteiger partial charge >= 0.3 is 0 Å². The Morgan fingerprint density at radius 1 is 0.778 bits per heavy atom. The molecule has 4 rings (SSSR count). The van der Waals surface area contributed by atoms with Gasteiger partial charge in [-0.05, 0) is 70.1 Å². The van der Waals surface area contributed by atoms with Gasteiger partial charge in [-0.3, -0.25) is 19.9 Å². The Labute approximate surface area is 213 Å². The lowest BCUT2D eigenvalue weighted by Gasteiger charge is -2.16. The SMILES string of the molecule is COc1ccc(N)cc1OCCN1CCCC1.COc1ccc([N+](=O)[O-])cc1OCCN1CCCC1. The maximum absolute atomic E-state index is 10.7. The molecule has 0 aromatic heterocycles. The number of non-ortho nitro benzene ring substituents is 1. The molecule has 0 radical (unpaired) electrons. The van der Waals surface area contributed by atoms with E-state index in [-0.39, 0.29) is 5.69 Å². The van der Waals surface area contributed by atoms with E-state index in [0.717, 1.165) is 37.7 Å². The van der Waals surface area contributed by atoms with E-state index in [1.165, 1.54) is 58.0 Å². The third kappa shape index (κ3) is 8.46. The van der Waals surface area contributed by atoms with E-state index in [1.54, 1.807) is 13.2 Å². The molecule has 0 atom stereocenters. The van der Waals surface area contributed by atoms with Gasteiger partial charge in [0.05, 0.1) is 25.2 Å². The summed E-state index contributed by atoms with van der Waals surface area (Å²) in [5.41, 5.74) is 6.44. The number of nitrogens with zero attached hydrogens (tertiary/aromatic N) is 3. The predicted octanol–water partition coefficient (Wildman–Crippen LogP) is 3.83. The molecule has 0 spiro atoms. The molecule has 2 aliphatic heterocycles. The Kier molecular flexibility index (Phi) is 10.9. The van der Waals surface area contributed by atoms with Gasteiger partial charge in [0.25, 0.3) is 5.69 Å². The fourth-order valence-corrected chi connectivity index (χ4v) is 4.28. The van der Waals surface area contributed by atoms with Gasteiger partial charge in [0.15, 0.2) is 23.0 Å². The maximum Gasteiger partial charge on any atom is 0.273 e. The molecule has 0 bridgehead atoms. The van der Waals surface area contributed by atoms with Gasteiger partial charge in [-0.2, -0.15) is 0 Å². The number of benzene rings is 2. The third-order valence-corrected chi connectivity index (χ3v) is 6.27. The van der Waals surface area contributed by atoms with Crippen LogP contribution >= 0.6 is 0 Å². The molecule has 0 unspecified atom stereocenters. The predicted molar refractivity (Wildman–Crippen MR) is 139 cm³/mol. The summed E-state index contributed by atoms with van der Waals surface area (Å²) in [6, 6.07) is 9.83. The molecule has 2 fully saturated rings. The van der Waals surface area contributed by atoms with Crippen molar-refractivity contribution in [1.29, 1.82) is 0 Å². The van der Waals surface area contributed by atoms with Crippen LogP contribution in [0.3, 0.4) is 0 Å². The van der Waals surface area contributed by atoms with Crippen LogP contribution < -0.4 is 24.7 Å². The number of anilines is 1. The lowest BCUT2D eigenvalue weighted by molar-refractivity contribution is -0.385. The summed E-state index contributed by atoms with van der Waals surface area (Å²) >= 11 is 0. The summed E-state index contributed by atoms with van der Waals surface area (Å²) in [6.07, 6.45) is 5.09. The van der Waals surface area contributed by atoms with E-state index < -0.39 is 4.92 Å². The number of ether oxygens (including phenoxy) is 4. The van der Waals surface area contributed by atoms with Gasteiger partial charge in [-0.25, -0.2) is 0 Å². The highest BCUT2D eigenvalue weighted by molar-refractivity contribution is 5.52. The first-order valence-electron chi connectivity index (χ1n) is 12.5. The van der Waals surface area contributed by atoms with Crippen molar-refractivity contribution >= 4 is 11.4 Å². The number of likely N-dealkylation sites (tertiary alicyclic amines) is 2. The Balaban J connectivity index is 0.000000202. The van der Waals surface area contributed by atoms with Crippen molar-refractivity contribution in [3.05, 3.63) is 46.5 Å². The monoisotopic (exact) mass is 502 g/mol. The Bertz CT molecular complexity index is 961. The highest BCUT2D eigenvalue weighted by Crippen LogP contribution is 2.31. The van der Waals surface area contributed by atoms with Crippen LogP contribution in [0.25, 0.3) is 0 Å². The van der Waals surface area contributed by atoms with Crippen molar-refractivity contribution in [2.24, 2.45) is 0 Å². The molecule has 36 heavy (non-hydrogen) atoms. The molecule has 2 saturated heterocycles. The Hall–Kier alpha value is -3.24. The van der Waals surface area contributed by atoms with Gasteiger partial charge in [-0.1, -0.05) is 0 Å². The van der Waals surface area contributed by atoms with Crippen LogP contribution in [0.5, 0.6) is 23.0 Å². The molecule has 2 aromatic carbocycles.